The fraction of sp³-hybridized carbons (Fsp3) is 0.125. The summed E-state index contributed by atoms with van der Waals surface area (Å²) in [6, 6.07) is 20.4. The van der Waals surface area contributed by atoms with Gasteiger partial charge in [0.15, 0.2) is 11.4 Å². The third-order valence-corrected chi connectivity index (χ3v) is 5.04. The first kappa shape index (κ1) is 19.4. The third kappa shape index (κ3) is 3.33. The second kappa shape index (κ2) is 7.83. The molecule has 0 amide bonds. The highest BCUT2D eigenvalue weighted by Crippen LogP contribution is 2.32. The van der Waals surface area contributed by atoms with Crippen molar-refractivity contribution >= 4 is 16.9 Å². The van der Waals surface area contributed by atoms with E-state index < -0.39 is 5.97 Å². The molecule has 6 heteroatoms. The van der Waals surface area contributed by atoms with Crippen LogP contribution in [0.4, 0.5) is 0 Å². The molecule has 0 radical (unpaired) electrons. The lowest BCUT2D eigenvalue weighted by molar-refractivity contribution is 0.0590. The van der Waals surface area contributed by atoms with Crippen molar-refractivity contribution in [1.29, 1.82) is 0 Å². The number of aromatic hydroxyl groups is 1. The molecule has 0 spiro atoms. The molecule has 4 rings (SSSR count). The van der Waals surface area contributed by atoms with E-state index in [1.54, 1.807) is 17.6 Å². The Morgan fingerprint density at radius 2 is 1.70 bits per heavy atom. The molecule has 2 heterocycles. The first-order chi connectivity index (χ1) is 14.5. The zero-order chi connectivity index (χ0) is 21.3. The van der Waals surface area contributed by atoms with Crippen LogP contribution in [0.5, 0.6) is 5.75 Å². The van der Waals surface area contributed by atoms with Crippen LogP contribution in [0.1, 0.15) is 21.7 Å². The van der Waals surface area contributed by atoms with Gasteiger partial charge in [0, 0.05) is 10.9 Å². The largest absolute Gasteiger partial charge is 0.505 e. The smallest absolute Gasteiger partial charge is 0.360 e. The van der Waals surface area contributed by atoms with Crippen molar-refractivity contribution in [2.45, 2.75) is 13.5 Å². The number of methoxy groups -OCH3 is 1. The number of fused-ring (bicyclic) bond motifs is 1. The molecule has 6 nitrogen and oxygen atoms in total. The normalized spacial score (nSPS) is 10.9. The SMILES string of the molecule is COC(=O)c1nc(C)c2c(cc(-c3ccccc3)c(=O)n2Cc2ccccc2)c1O. The molecule has 2 aromatic heterocycles. The average Bonchev–Trinajstić information content (AvgIpc) is 2.78. The molecular weight excluding hydrogens is 380 g/mol. The van der Waals surface area contributed by atoms with Crippen molar-refractivity contribution < 1.29 is 14.6 Å². The van der Waals surface area contributed by atoms with Crippen LogP contribution in [0.15, 0.2) is 71.5 Å². The van der Waals surface area contributed by atoms with E-state index in [-0.39, 0.29) is 17.0 Å². The Bertz CT molecular complexity index is 1300. The average molecular weight is 400 g/mol. The first-order valence-corrected chi connectivity index (χ1v) is 9.46. The summed E-state index contributed by atoms with van der Waals surface area (Å²) in [7, 11) is 1.23. The molecule has 0 aliphatic rings. The van der Waals surface area contributed by atoms with Crippen LogP contribution in [0.25, 0.3) is 22.0 Å². The number of rotatable bonds is 4. The van der Waals surface area contributed by atoms with E-state index in [0.717, 1.165) is 11.1 Å². The van der Waals surface area contributed by atoms with Crippen LogP contribution in [0.2, 0.25) is 0 Å². The molecule has 0 fully saturated rings. The summed E-state index contributed by atoms with van der Waals surface area (Å²) in [5.74, 6) is -1.04. The number of carbonyl (C=O) groups is 1. The molecule has 0 unspecified atom stereocenters. The number of hydrogen-bond donors (Lipinski definition) is 1. The van der Waals surface area contributed by atoms with Crippen LogP contribution in [-0.2, 0) is 11.3 Å². The molecule has 0 aliphatic carbocycles. The quantitative estimate of drug-likeness (QED) is 0.525. The number of aryl methyl sites for hydroxylation is 1. The molecule has 0 aliphatic heterocycles. The second-order valence-corrected chi connectivity index (χ2v) is 6.95. The van der Waals surface area contributed by atoms with E-state index in [1.807, 2.05) is 60.7 Å². The van der Waals surface area contributed by atoms with Gasteiger partial charge in [0.05, 0.1) is 24.9 Å². The Hall–Kier alpha value is -3.93. The van der Waals surface area contributed by atoms with Gasteiger partial charge < -0.3 is 14.4 Å². The Kier molecular flexibility index (Phi) is 5.06. The summed E-state index contributed by atoms with van der Waals surface area (Å²) in [6.45, 7) is 2.01. The zero-order valence-corrected chi connectivity index (χ0v) is 16.6. The van der Waals surface area contributed by atoms with E-state index in [2.05, 4.69) is 4.98 Å². The lowest BCUT2D eigenvalue weighted by atomic mass is 10.0. The van der Waals surface area contributed by atoms with Crippen molar-refractivity contribution in [1.82, 2.24) is 9.55 Å². The fourth-order valence-electron chi connectivity index (χ4n) is 3.62. The van der Waals surface area contributed by atoms with Crippen molar-refractivity contribution in [3.8, 4) is 16.9 Å². The minimum absolute atomic E-state index is 0.175. The van der Waals surface area contributed by atoms with Crippen LogP contribution in [0, 0.1) is 6.92 Å². The zero-order valence-electron chi connectivity index (χ0n) is 16.6. The van der Waals surface area contributed by atoms with Gasteiger partial charge in [0.2, 0.25) is 0 Å². The first-order valence-electron chi connectivity index (χ1n) is 9.46. The lowest BCUT2D eigenvalue weighted by Crippen LogP contribution is -2.24. The minimum atomic E-state index is -0.737. The number of nitrogens with zero attached hydrogens (tertiary/aromatic N) is 2. The highest BCUT2D eigenvalue weighted by atomic mass is 16.5. The predicted molar refractivity (Wildman–Crippen MR) is 115 cm³/mol. The van der Waals surface area contributed by atoms with Gasteiger partial charge >= 0.3 is 5.97 Å². The molecular formula is C24H20N2O4. The summed E-state index contributed by atoms with van der Waals surface area (Å²) in [4.78, 5) is 29.8. The standard InChI is InChI=1S/C24H20N2O4/c1-15-21-19(22(27)20(25-15)24(29)30-2)13-18(17-11-7-4-8-12-17)23(28)26(21)14-16-9-5-3-6-10-16/h3-13,27H,14H2,1-2H3. The van der Waals surface area contributed by atoms with Gasteiger partial charge in [-0.15, -0.1) is 0 Å². The number of esters is 1. The van der Waals surface area contributed by atoms with Crippen molar-refractivity contribution in [2.24, 2.45) is 0 Å². The van der Waals surface area contributed by atoms with Crippen molar-refractivity contribution in [2.75, 3.05) is 7.11 Å². The predicted octanol–water partition coefficient (Wildman–Crippen LogP) is 3.91. The van der Waals surface area contributed by atoms with Gasteiger partial charge in [-0.2, -0.15) is 0 Å². The van der Waals surface area contributed by atoms with Crippen molar-refractivity contribution in [3.63, 3.8) is 0 Å². The number of pyridine rings is 2. The Morgan fingerprint density at radius 3 is 2.33 bits per heavy atom. The van der Waals surface area contributed by atoms with E-state index in [0.29, 0.717) is 28.7 Å². The topological polar surface area (TPSA) is 81.4 Å². The number of benzene rings is 2. The van der Waals surface area contributed by atoms with E-state index in [9.17, 15) is 14.7 Å². The maximum Gasteiger partial charge on any atom is 0.360 e. The summed E-state index contributed by atoms with van der Waals surface area (Å²) in [6.07, 6.45) is 0. The third-order valence-electron chi connectivity index (χ3n) is 5.04. The molecule has 2 aromatic carbocycles. The highest BCUT2D eigenvalue weighted by Gasteiger charge is 2.22. The maximum atomic E-state index is 13.5. The van der Waals surface area contributed by atoms with E-state index >= 15 is 0 Å². The lowest BCUT2D eigenvalue weighted by Gasteiger charge is -2.17. The molecule has 0 bridgehead atoms. The Balaban J connectivity index is 2.09. The molecule has 4 aromatic rings. The summed E-state index contributed by atoms with van der Waals surface area (Å²) >= 11 is 0. The molecule has 0 saturated carbocycles. The highest BCUT2D eigenvalue weighted by molar-refractivity contribution is 6.00. The number of hydrogen-bond acceptors (Lipinski definition) is 5. The Labute approximate surface area is 173 Å². The minimum Gasteiger partial charge on any atom is -0.505 e. The monoisotopic (exact) mass is 400 g/mol. The summed E-state index contributed by atoms with van der Waals surface area (Å²) in [5.41, 5.74) is 2.64. The van der Waals surface area contributed by atoms with Crippen LogP contribution in [-0.4, -0.2) is 27.7 Å². The maximum absolute atomic E-state index is 13.5. The van der Waals surface area contributed by atoms with Crippen LogP contribution in [0.3, 0.4) is 0 Å². The molecule has 30 heavy (non-hydrogen) atoms. The van der Waals surface area contributed by atoms with E-state index in [4.69, 9.17) is 4.74 Å². The van der Waals surface area contributed by atoms with Gasteiger partial charge in [-0.25, -0.2) is 9.78 Å². The fourth-order valence-corrected chi connectivity index (χ4v) is 3.62. The van der Waals surface area contributed by atoms with Crippen LogP contribution < -0.4 is 5.56 Å². The molecule has 0 atom stereocenters. The summed E-state index contributed by atoms with van der Waals surface area (Å²) < 4.78 is 6.35. The van der Waals surface area contributed by atoms with Gasteiger partial charge in [-0.1, -0.05) is 60.7 Å². The van der Waals surface area contributed by atoms with Gasteiger partial charge in [-0.05, 0) is 24.1 Å². The molecule has 0 saturated heterocycles. The van der Waals surface area contributed by atoms with Gasteiger partial charge in [-0.3, -0.25) is 4.79 Å². The summed E-state index contributed by atoms with van der Waals surface area (Å²) in [5, 5.41) is 11.2. The Morgan fingerprint density at radius 1 is 1.07 bits per heavy atom. The number of aromatic nitrogens is 2. The van der Waals surface area contributed by atoms with E-state index in [1.165, 1.54) is 7.11 Å². The van der Waals surface area contributed by atoms with Crippen LogP contribution >= 0.6 is 0 Å². The number of ether oxygens (including phenoxy) is 1. The second-order valence-electron chi connectivity index (χ2n) is 6.95. The van der Waals surface area contributed by atoms with Crippen molar-refractivity contribution in [3.05, 3.63) is 94.0 Å². The molecule has 150 valence electrons. The van der Waals surface area contributed by atoms with Gasteiger partial charge in [0.25, 0.3) is 5.56 Å². The molecule has 1 N–H and O–H groups in total. The van der Waals surface area contributed by atoms with Gasteiger partial charge in [0.1, 0.15) is 0 Å². The number of carbonyl (C=O) groups excluding carboxylic acids is 1.